The highest BCUT2D eigenvalue weighted by molar-refractivity contribution is 6.33. The van der Waals surface area contributed by atoms with Gasteiger partial charge in [0, 0.05) is 25.2 Å². The number of hydrogen-bond donors (Lipinski definition) is 2. The second-order valence-electron chi connectivity index (χ2n) is 8.91. The van der Waals surface area contributed by atoms with Crippen molar-refractivity contribution in [3.8, 4) is 0 Å². The van der Waals surface area contributed by atoms with E-state index in [0.29, 0.717) is 35.0 Å². The molecule has 0 bridgehead atoms. The number of nitrogens with zero attached hydrogens (tertiary/aromatic N) is 1. The second kappa shape index (κ2) is 7.20. The lowest BCUT2D eigenvalue weighted by molar-refractivity contribution is -0.133. The van der Waals surface area contributed by atoms with Crippen LogP contribution in [0.4, 0.5) is 0 Å². The molecule has 6 heteroatoms. The maximum absolute atomic E-state index is 12.2. The fourth-order valence-electron chi connectivity index (χ4n) is 4.22. The van der Waals surface area contributed by atoms with Gasteiger partial charge in [-0.25, -0.2) is 0 Å². The molecule has 0 aromatic heterocycles. The Labute approximate surface area is 160 Å². The third kappa shape index (κ3) is 4.57. The summed E-state index contributed by atoms with van der Waals surface area (Å²) in [6.07, 6.45) is 2.24. The molecular weight excluding hydrogens is 350 g/mol. The average molecular weight is 378 g/mol. The van der Waals surface area contributed by atoms with E-state index in [1.807, 2.05) is 32.9 Å². The van der Waals surface area contributed by atoms with E-state index < -0.39 is 0 Å². The van der Waals surface area contributed by atoms with Gasteiger partial charge in [0.1, 0.15) is 0 Å². The molecule has 1 aromatic carbocycles. The van der Waals surface area contributed by atoms with Crippen LogP contribution in [0, 0.1) is 11.3 Å². The van der Waals surface area contributed by atoms with Crippen molar-refractivity contribution in [3.63, 3.8) is 0 Å². The number of amides is 2. The van der Waals surface area contributed by atoms with Crippen LogP contribution in [0.3, 0.4) is 0 Å². The predicted octanol–water partition coefficient (Wildman–Crippen LogP) is 2.70. The molecule has 3 rings (SSSR count). The minimum Gasteiger partial charge on any atom is -0.352 e. The van der Waals surface area contributed by atoms with Crippen LogP contribution < -0.4 is 10.6 Å². The van der Waals surface area contributed by atoms with E-state index in [1.165, 1.54) is 0 Å². The molecule has 2 fully saturated rings. The molecule has 2 N–H and O–H groups in total. The van der Waals surface area contributed by atoms with Crippen LogP contribution in [0.25, 0.3) is 0 Å². The molecular formula is C20H28ClN3O2. The van der Waals surface area contributed by atoms with Crippen molar-refractivity contribution in [3.05, 3.63) is 34.9 Å². The minimum absolute atomic E-state index is 0.0928. The Kier molecular flexibility index (Phi) is 5.31. The molecule has 2 amide bonds. The van der Waals surface area contributed by atoms with E-state index in [9.17, 15) is 9.59 Å². The van der Waals surface area contributed by atoms with Crippen molar-refractivity contribution >= 4 is 23.4 Å². The van der Waals surface area contributed by atoms with Crippen LogP contribution in [-0.2, 0) is 4.79 Å². The summed E-state index contributed by atoms with van der Waals surface area (Å²) < 4.78 is 0. The number of nitrogens with one attached hydrogen (secondary N) is 2. The summed E-state index contributed by atoms with van der Waals surface area (Å²) in [5.41, 5.74) is 0.714. The van der Waals surface area contributed by atoms with Gasteiger partial charge in [-0.2, -0.15) is 0 Å². The molecule has 1 spiro atoms. The van der Waals surface area contributed by atoms with Gasteiger partial charge < -0.3 is 10.6 Å². The molecule has 0 radical (unpaired) electrons. The van der Waals surface area contributed by atoms with E-state index in [4.69, 9.17) is 11.6 Å². The SMILES string of the molecule is CC(C)(C)NC(=O)CN1CC2(CC(CNC(=O)c3ccccc3Cl)C2)C1. The summed E-state index contributed by atoms with van der Waals surface area (Å²) in [6.45, 7) is 9.13. The Bertz CT molecular complexity index is 685. The Hall–Kier alpha value is -1.59. The number of carbonyl (C=O) groups excluding carboxylic acids is 2. The molecule has 1 aromatic rings. The van der Waals surface area contributed by atoms with E-state index >= 15 is 0 Å². The molecule has 0 atom stereocenters. The van der Waals surface area contributed by atoms with Crippen molar-refractivity contribution < 1.29 is 9.59 Å². The van der Waals surface area contributed by atoms with Crippen molar-refractivity contribution in [2.75, 3.05) is 26.2 Å². The molecule has 1 heterocycles. The van der Waals surface area contributed by atoms with E-state index in [1.54, 1.807) is 12.1 Å². The van der Waals surface area contributed by atoms with Gasteiger partial charge in [-0.15, -0.1) is 0 Å². The largest absolute Gasteiger partial charge is 0.352 e. The molecule has 1 saturated carbocycles. The van der Waals surface area contributed by atoms with Gasteiger partial charge in [0.2, 0.25) is 5.91 Å². The Balaban J connectivity index is 1.35. The summed E-state index contributed by atoms with van der Waals surface area (Å²) in [5.74, 6) is 0.507. The highest BCUT2D eigenvalue weighted by Gasteiger charge is 2.52. The van der Waals surface area contributed by atoms with Crippen molar-refractivity contribution in [1.29, 1.82) is 0 Å². The predicted molar refractivity (Wildman–Crippen MR) is 103 cm³/mol. The van der Waals surface area contributed by atoms with Crippen LogP contribution in [-0.4, -0.2) is 48.4 Å². The van der Waals surface area contributed by atoms with Crippen LogP contribution in [0.15, 0.2) is 24.3 Å². The second-order valence-corrected chi connectivity index (χ2v) is 9.31. The zero-order chi connectivity index (χ0) is 18.9. The standard InChI is InChI=1S/C20H28ClN3O2/c1-19(2,3)23-17(25)11-24-12-20(13-24)8-14(9-20)10-22-18(26)15-6-4-5-7-16(15)21/h4-7,14H,8-13H2,1-3H3,(H,22,26)(H,23,25). The fraction of sp³-hybridized carbons (Fsp3) is 0.600. The van der Waals surface area contributed by atoms with Gasteiger partial charge >= 0.3 is 0 Å². The van der Waals surface area contributed by atoms with Crippen LogP contribution in [0.2, 0.25) is 5.02 Å². The first-order valence-electron chi connectivity index (χ1n) is 9.22. The Morgan fingerprint density at radius 1 is 1.23 bits per heavy atom. The zero-order valence-corrected chi connectivity index (χ0v) is 16.5. The number of carbonyl (C=O) groups is 2. The first kappa shape index (κ1) is 19.2. The van der Waals surface area contributed by atoms with Gasteiger partial charge in [0.05, 0.1) is 17.1 Å². The number of hydrogen-bond acceptors (Lipinski definition) is 3. The fourth-order valence-corrected chi connectivity index (χ4v) is 4.44. The number of likely N-dealkylation sites (tertiary alicyclic amines) is 1. The molecule has 1 aliphatic heterocycles. The number of benzene rings is 1. The summed E-state index contributed by atoms with van der Waals surface area (Å²) in [4.78, 5) is 26.4. The first-order valence-corrected chi connectivity index (χ1v) is 9.60. The molecule has 2 aliphatic rings. The smallest absolute Gasteiger partial charge is 0.252 e. The molecule has 5 nitrogen and oxygen atoms in total. The van der Waals surface area contributed by atoms with Gasteiger partial charge in [0.25, 0.3) is 5.91 Å². The van der Waals surface area contributed by atoms with Crippen LogP contribution in [0.5, 0.6) is 0 Å². The lowest BCUT2D eigenvalue weighted by Crippen LogP contribution is -2.64. The summed E-state index contributed by atoms with van der Waals surface area (Å²) in [6, 6.07) is 7.11. The van der Waals surface area contributed by atoms with Crippen molar-refractivity contribution in [2.24, 2.45) is 11.3 Å². The lowest BCUT2D eigenvalue weighted by Gasteiger charge is -2.59. The average Bonchev–Trinajstić information content (AvgIpc) is 2.45. The lowest BCUT2D eigenvalue weighted by atomic mass is 9.57. The normalized spacial score (nSPS) is 19.5. The summed E-state index contributed by atoms with van der Waals surface area (Å²) in [7, 11) is 0. The molecule has 1 aliphatic carbocycles. The molecule has 142 valence electrons. The van der Waals surface area contributed by atoms with E-state index in [2.05, 4.69) is 15.5 Å². The van der Waals surface area contributed by atoms with Crippen molar-refractivity contribution in [1.82, 2.24) is 15.5 Å². The Morgan fingerprint density at radius 3 is 2.50 bits per heavy atom. The quantitative estimate of drug-likeness (QED) is 0.829. The number of halogens is 1. The maximum atomic E-state index is 12.2. The van der Waals surface area contributed by atoms with Crippen LogP contribution in [0.1, 0.15) is 44.0 Å². The van der Waals surface area contributed by atoms with E-state index in [-0.39, 0.29) is 17.4 Å². The highest BCUT2D eigenvalue weighted by Crippen LogP contribution is 2.51. The number of rotatable bonds is 5. The monoisotopic (exact) mass is 377 g/mol. The van der Waals surface area contributed by atoms with Gasteiger partial charge in [-0.3, -0.25) is 14.5 Å². The third-order valence-corrected chi connectivity index (χ3v) is 5.44. The van der Waals surface area contributed by atoms with Crippen molar-refractivity contribution in [2.45, 2.75) is 39.2 Å². The first-order chi connectivity index (χ1) is 12.2. The molecule has 26 heavy (non-hydrogen) atoms. The third-order valence-electron chi connectivity index (χ3n) is 5.11. The maximum Gasteiger partial charge on any atom is 0.252 e. The summed E-state index contributed by atoms with van der Waals surface area (Å²) in [5, 5.41) is 6.48. The zero-order valence-electron chi connectivity index (χ0n) is 15.8. The molecule has 0 unspecified atom stereocenters. The summed E-state index contributed by atoms with van der Waals surface area (Å²) >= 11 is 6.06. The van der Waals surface area contributed by atoms with Gasteiger partial charge in [-0.1, -0.05) is 23.7 Å². The Morgan fingerprint density at radius 2 is 1.88 bits per heavy atom. The molecule has 1 saturated heterocycles. The minimum atomic E-state index is -0.180. The highest BCUT2D eigenvalue weighted by atomic mass is 35.5. The van der Waals surface area contributed by atoms with Gasteiger partial charge in [-0.05, 0) is 57.1 Å². The van der Waals surface area contributed by atoms with Crippen LogP contribution >= 0.6 is 11.6 Å². The van der Waals surface area contributed by atoms with E-state index in [0.717, 1.165) is 25.9 Å². The van der Waals surface area contributed by atoms with Gasteiger partial charge in [0.15, 0.2) is 0 Å². The topological polar surface area (TPSA) is 61.4 Å².